The molecular formula is C25H23N5O2. The van der Waals surface area contributed by atoms with Crippen LogP contribution in [0.5, 0.6) is 11.5 Å². The average Bonchev–Trinajstić information content (AvgIpc) is 3.52. The number of hydrogen-bond donors (Lipinski definition) is 1. The molecule has 1 unspecified atom stereocenters. The first kappa shape index (κ1) is 19.8. The highest BCUT2D eigenvalue weighted by atomic mass is 16.5. The first-order chi connectivity index (χ1) is 15.7. The van der Waals surface area contributed by atoms with Crippen LogP contribution in [0.4, 0.5) is 0 Å². The maximum atomic E-state index is 6.16. The molecule has 0 aliphatic rings. The summed E-state index contributed by atoms with van der Waals surface area (Å²) in [6.45, 7) is 2.70. The summed E-state index contributed by atoms with van der Waals surface area (Å²) in [5.74, 6) is 2.40. The number of aromatic amines is 1. The molecule has 5 rings (SSSR count). The molecule has 7 heteroatoms. The number of methoxy groups -OCH3 is 1. The molecule has 2 heterocycles. The van der Waals surface area contributed by atoms with Gasteiger partial charge in [0.2, 0.25) is 0 Å². The monoisotopic (exact) mass is 425 g/mol. The number of ether oxygens (including phenoxy) is 2. The molecule has 5 aromatic rings. The molecule has 1 N–H and O–H groups in total. The molecule has 7 nitrogen and oxygen atoms in total. The lowest BCUT2D eigenvalue weighted by Gasteiger charge is -2.16. The number of H-pyrrole nitrogens is 1. The zero-order chi connectivity index (χ0) is 21.9. The molecule has 0 saturated carbocycles. The lowest BCUT2D eigenvalue weighted by Crippen LogP contribution is -2.07. The van der Waals surface area contributed by atoms with E-state index in [2.05, 4.69) is 34.1 Å². The van der Waals surface area contributed by atoms with Crippen molar-refractivity contribution in [3.63, 3.8) is 0 Å². The molecule has 0 bridgehead atoms. The smallest absolute Gasteiger partial charge is 0.161 e. The molecule has 3 aromatic carbocycles. The normalized spacial score (nSPS) is 12.1. The third-order valence-electron chi connectivity index (χ3n) is 5.44. The molecule has 2 aromatic heterocycles. The van der Waals surface area contributed by atoms with E-state index in [1.54, 1.807) is 18.1 Å². The fraction of sp³-hybridized carbons (Fsp3) is 0.160. The van der Waals surface area contributed by atoms with E-state index in [1.165, 1.54) is 11.9 Å². The third kappa shape index (κ3) is 3.92. The van der Waals surface area contributed by atoms with Gasteiger partial charge in [0.15, 0.2) is 11.5 Å². The molecular weight excluding hydrogens is 402 g/mol. The minimum absolute atomic E-state index is 0.256. The van der Waals surface area contributed by atoms with Crippen molar-refractivity contribution in [1.29, 1.82) is 0 Å². The van der Waals surface area contributed by atoms with Crippen LogP contribution in [0.1, 0.15) is 18.4 Å². The van der Waals surface area contributed by atoms with Gasteiger partial charge in [-0.05, 0) is 42.0 Å². The van der Waals surface area contributed by atoms with E-state index in [9.17, 15) is 0 Å². The zero-order valence-electron chi connectivity index (χ0n) is 17.9. The minimum Gasteiger partial charge on any atom is -0.493 e. The largest absolute Gasteiger partial charge is 0.493 e. The number of fused-ring (bicyclic) bond motifs is 1. The van der Waals surface area contributed by atoms with Gasteiger partial charge in [-0.15, -0.1) is 0 Å². The third-order valence-corrected chi connectivity index (χ3v) is 5.44. The van der Waals surface area contributed by atoms with Crippen molar-refractivity contribution in [3.8, 4) is 28.6 Å². The second kappa shape index (κ2) is 8.55. The van der Waals surface area contributed by atoms with Gasteiger partial charge in [-0.1, -0.05) is 37.3 Å². The maximum Gasteiger partial charge on any atom is 0.161 e. The van der Waals surface area contributed by atoms with Crippen molar-refractivity contribution in [2.24, 2.45) is 0 Å². The fourth-order valence-corrected chi connectivity index (χ4v) is 3.65. The van der Waals surface area contributed by atoms with E-state index in [4.69, 9.17) is 14.5 Å². The Kier molecular flexibility index (Phi) is 5.29. The summed E-state index contributed by atoms with van der Waals surface area (Å²) in [5.41, 5.74) is 4.87. The molecule has 32 heavy (non-hydrogen) atoms. The van der Waals surface area contributed by atoms with E-state index < -0.39 is 0 Å². The fourth-order valence-electron chi connectivity index (χ4n) is 3.65. The van der Waals surface area contributed by atoms with Crippen LogP contribution in [-0.2, 0) is 0 Å². The van der Waals surface area contributed by atoms with Crippen LogP contribution in [0.2, 0.25) is 0 Å². The highest BCUT2D eigenvalue weighted by molar-refractivity contribution is 5.81. The molecule has 0 aliphatic carbocycles. The van der Waals surface area contributed by atoms with Crippen molar-refractivity contribution >= 4 is 11.0 Å². The second-order valence-electron chi connectivity index (χ2n) is 7.62. The van der Waals surface area contributed by atoms with E-state index in [1.807, 2.05) is 54.6 Å². The van der Waals surface area contributed by atoms with Crippen molar-refractivity contribution in [1.82, 2.24) is 24.7 Å². The number of aromatic nitrogens is 5. The molecule has 0 radical (unpaired) electrons. The van der Waals surface area contributed by atoms with Gasteiger partial charge in [0.05, 0.1) is 30.4 Å². The molecule has 0 saturated heterocycles. The van der Waals surface area contributed by atoms with Crippen molar-refractivity contribution in [3.05, 3.63) is 84.9 Å². The van der Waals surface area contributed by atoms with Crippen LogP contribution in [0, 0.1) is 0 Å². The highest BCUT2D eigenvalue weighted by Crippen LogP contribution is 2.33. The first-order valence-electron chi connectivity index (χ1n) is 10.4. The molecule has 160 valence electrons. The Morgan fingerprint density at radius 2 is 1.88 bits per heavy atom. The van der Waals surface area contributed by atoms with Gasteiger partial charge in [0, 0.05) is 11.5 Å². The molecule has 0 aliphatic heterocycles. The molecule has 0 amide bonds. The standard InChI is InChI=1S/C25H23N5O2/c1-17(18-6-4-3-5-7-18)14-32-24-12-19(8-11-23(24)31-2)25-28-21-10-9-20(13-22(21)29-25)30-16-26-15-27-30/h3-13,15-17H,14H2,1-2H3,(H,28,29). The number of imidazole rings is 1. The Balaban J connectivity index is 1.41. The van der Waals surface area contributed by atoms with Gasteiger partial charge in [-0.3, -0.25) is 0 Å². The predicted octanol–water partition coefficient (Wildman–Crippen LogP) is 5.00. The van der Waals surface area contributed by atoms with Gasteiger partial charge in [-0.25, -0.2) is 14.6 Å². The lowest BCUT2D eigenvalue weighted by atomic mass is 10.0. The SMILES string of the molecule is COc1ccc(-c2nc3ccc(-n4cncn4)cc3[nH]2)cc1OCC(C)c1ccccc1. The summed E-state index contributed by atoms with van der Waals surface area (Å²) < 4.78 is 13.4. The van der Waals surface area contributed by atoms with E-state index in [-0.39, 0.29) is 5.92 Å². The van der Waals surface area contributed by atoms with Gasteiger partial charge < -0.3 is 14.5 Å². The molecule has 1 atom stereocenters. The number of rotatable bonds is 7. The Labute approximate surface area is 185 Å². The van der Waals surface area contributed by atoms with Crippen LogP contribution < -0.4 is 9.47 Å². The number of nitrogens with zero attached hydrogens (tertiary/aromatic N) is 4. The van der Waals surface area contributed by atoms with Gasteiger partial charge >= 0.3 is 0 Å². The molecule has 0 spiro atoms. The quantitative estimate of drug-likeness (QED) is 0.397. The van der Waals surface area contributed by atoms with Crippen LogP contribution in [0.25, 0.3) is 28.1 Å². The average molecular weight is 425 g/mol. The maximum absolute atomic E-state index is 6.16. The van der Waals surface area contributed by atoms with Gasteiger partial charge in [-0.2, -0.15) is 5.10 Å². The summed E-state index contributed by atoms with van der Waals surface area (Å²) in [7, 11) is 1.65. The summed E-state index contributed by atoms with van der Waals surface area (Å²) in [4.78, 5) is 12.2. The Morgan fingerprint density at radius 1 is 1.00 bits per heavy atom. The second-order valence-corrected chi connectivity index (χ2v) is 7.62. The van der Waals surface area contributed by atoms with Gasteiger partial charge in [0.1, 0.15) is 18.5 Å². The van der Waals surface area contributed by atoms with Crippen LogP contribution >= 0.6 is 0 Å². The lowest BCUT2D eigenvalue weighted by molar-refractivity contribution is 0.277. The van der Waals surface area contributed by atoms with Crippen molar-refractivity contribution in [2.75, 3.05) is 13.7 Å². The summed E-state index contributed by atoms with van der Waals surface area (Å²) >= 11 is 0. The Morgan fingerprint density at radius 3 is 2.66 bits per heavy atom. The van der Waals surface area contributed by atoms with E-state index in [0.717, 1.165) is 28.1 Å². The number of nitrogens with one attached hydrogen (secondary N) is 1. The van der Waals surface area contributed by atoms with Crippen molar-refractivity contribution in [2.45, 2.75) is 12.8 Å². The summed E-state index contributed by atoms with van der Waals surface area (Å²) in [5, 5.41) is 4.19. The van der Waals surface area contributed by atoms with Crippen LogP contribution in [0.15, 0.2) is 79.4 Å². The number of benzene rings is 3. The first-order valence-corrected chi connectivity index (χ1v) is 10.4. The molecule has 0 fully saturated rings. The summed E-state index contributed by atoms with van der Waals surface area (Å²) in [6, 6.07) is 22.1. The van der Waals surface area contributed by atoms with Crippen LogP contribution in [-0.4, -0.2) is 38.4 Å². The van der Waals surface area contributed by atoms with Gasteiger partial charge in [0.25, 0.3) is 0 Å². The van der Waals surface area contributed by atoms with Crippen LogP contribution in [0.3, 0.4) is 0 Å². The van der Waals surface area contributed by atoms with E-state index >= 15 is 0 Å². The van der Waals surface area contributed by atoms with E-state index in [0.29, 0.717) is 18.1 Å². The number of hydrogen-bond acceptors (Lipinski definition) is 5. The van der Waals surface area contributed by atoms with Crippen molar-refractivity contribution < 1.29 is 9.47 Å². The Bertz CT molecular complexity index is 1330. The zero-order valence-corrected chi connectivity index (χ0v) is 17.9. The predicted molar refractivity (Wildman–Crippen MR) is 123 cm³/mol. The summed E-state index contributed by atoms with van der Waals surface area (Å²) in [6.07, 6.45) is 3.18. The Hall–Kier alpha value is -4.13. The topological polar surface area (TPSA) is 77.9 Å². The highest BCUT2D eigenvalue weighted by Gasteiger charge is 2.13. The minimum atomic E-state index is 0.256.